The molecular weight excluding hydrogens is 492 g/mol. The smallest absolute Gasteiger partial charge is 0.328 e. The Morgan fingerprint density at radius 1 is 1.22 bits per heavy atom. The largest absolute Gasteiger partial charge is 0.480 e. The van der Waals surface area contributed by atoms with E-state index in [1.165, 1.54) is 12.2 Å². The molecule has 1 aliphatic carbocycles. The van der Waals surface area contributed by atoms with Crippen molar-refractivity contribution in [3.8, 4) is 0 Å². The van der Waals surface area contributed by atoms with Gasteiger partial charge >= 0.3 is 5.97 Å². The van der Waals surface area contributed by atoms with Gasteiger partial charge in [0.2, 0.25) is 21.8 Å². The summed E-state index contributed by atoms with van der Waals surface area (Å²) in [6, 6.07) is 6.74. The summed E-state index contributed by atoms with van der Waals surface area (Å²) in [4.78, 5) is 47.0. The minimum absolute atomic E-state index is 0.0739. The first-order valence-corrected chi connectivity index (χ1v) is 13.0. The molecule has 2 amide bonds. The highest BCUT2D eigenvalue weighted by Crippen LogP contribution is 2.28. The molecule has 1 heterocycles. The van der Waals surface area contributed by atoms with Crippen molar-refractivity contribution in [2.24, 2.45) is 0 Å². The van der Waals surface area contributed by atoms with E-state index < -0.39 is 44.2 Å². The number of nitro groups is 1. The molecule has 0 saturated carbocycles. The molecule has 194 valence electrons. The maximum atomic E-state index is 13.1. The van der Waals surface area contributed by atoms with Crippen molar-refractivity contribution in [1.29, 1.82) is 0 Å². The number of hydrogen-bond acceptors (Lipinski definition) is 7. The van der Waals surface area contributed by atoms with E-state index in [0.29, 0.717) is 12.8 Å². The summed E-state index contributed by atoms with van der Waals surface area (Å²) in [6.07, 6.45) is 4.68. The summed E-state index contributed by atoms with van der Waals surface area (Å²) in [6.45, 7) is -0.279. The second-order valence-electron chi connectivity index (χ2n) is 8.52. The number of nitrogens with one attached hydrogen (secondary N) is 2. The van der Waals surface area contributed by atoms with E-state index in [-0.39, 0.29) is 44.0 Å². The van der Waals surface area contributed by atoms with Gasteiger partial charge in [0.15, 0.2) is 0 Å². The molecule has 12 nitrogen and oxygen atoms in total. The fraction of sp³-hybridized carbons (Fsp3) is 0.435. The Kier molecular flexibility index (Phi) is 8.93. The quantitative estimate of drug-likeness (QED) is 0.280. The third-order valence-corrected chi connectivity index (χ3v) is 8.27. The number of carboxylic acids is 1. The van der Waals surface area contributed by atoms with Crippen LogP contribution in [-0.2, 0) is 30.8 Å². The lowest BCUT2D eigenvalue weighted by Gasteiger charge is -2.28. The molecule has 1 aliphatic heterocycles. The number of sulfonamides is 1. The number of hydrogen-bond donors (Lipinski definition) is 3. The normalized spacial score (nSPS) is 20.8. The van der Waals surface area contributed by atoms with E-state index in [4.69, 9.17) is 0 Å². The zero-order valence-electron chi connectivity index (χ0n) is 19.4. The lowest BCUT2D eigenvalue weighted by molar-refractivity contribution is -0.419. The molecule has 2 aliphatic rings. The van der Waals surface area contributed by atoms with Crippen LogP contribution in [0, 0.1) is 10.1 Å². The van der Waals surface area contributed by atoms with Gasteiger partial charge in [0.05, 0.1) is 10.2 Å². The van der Waals surface area contributed by atoms with Crippen LogP contribution in [0.4, 0.5) is 0 Å². The lowest BCUT2D eigenvalue weighted by atomic mass is 10.1. The Bertz CT molecular complexity index is 1170. The topological polar surface area (TPSA) is 176 Å². The SMILES string of the molecule is O=C(CCc1ccccc1)NC[C@H](NC(=O)[C@@H]1CCCN1S(=O)(=O)C1C=CC([N+](=O)[O-])=CC1)C(=O)O. The van der Waals surface area contributed by atoms with Crippen LogP contribution >= 0.6 is 0 Å². The van der Waals surface area contributed by atoms with Crippen molar-refractivity contribution >= 4 is 27.8 Å². The number of carbonyl (C=O) groups is 3. The number of carboxylic acid groups (broad SMARTS) is 1. The number of aliphatic carboxylic acids is 1. The number of benzene rings is 1. The van der Waals surface area contributed by atoms with E-state index in [9.17, 15) is 38.0 Å². The third kappa shape index (κ3) is 6.76. The molecule has 13 heteroatoms. The highest BCUT2D eigenvalue weighted by atomic mass is 32.2. The van der Waals surface area contributed by atoms with Gasteiger partial charge in [-0.05, 0) is 37.3 Å². The van der Waals surface area contributed by atoms with Gasteiger partial charge in [-0.15, -0.1) is 0 Å². The van der Waals surface area contributed by atoms with Crippen molar-refractivity contribution in [2.45, 2.75) is 49.4 Å². The van der Waals surface area contributed by atoms with Gasteiger partial charge < -0.3 is 15.7 Å². The molecule has 1 unspecified atom stereocenters. The van der Waals surface area contributed by atoms with Crippen LogP contribution in [0.2, 0.25) is 0 Å². The molecule has 3 N–H and O–H groups in total. The minimum Gasteiger partial charge on any atom is -0.480 e. The van der Waals surface area contributed by atoms with Gasteiger partial charge in [-0.2, -0.15) is 4.31 Å². The van der Waals surface area contributed by atoms with Crippen molar-refractivity contribution in [1.82, 2.24) is 14.9 Å². The van der Waals surface area contributed by atoms with Gasteiger partial charge in [0, 0.05) is 25.6 Å². The molecule has 0 radical (unpaired) electrons. The molecule has 3 atom stereocenters. The van der Waals surface area contributed by atoms with Gasteiger partial charge in [-0.25, -0.2) is 13.2 Å². The Morgan fingerprint density at radius 3 is 2.56 bits per heavy atom. The number of allylic oxidation sites excluding steroid dienone is 2. The maximum Gasteiger partial charge on any atom is 0.328 e. The number of carbonyl (C=O) groups excluding carboxylic acids is 2. The Hall–Kier alpha value is -3.58. The molecule has 36 heavy (non-hydrogen) atoms. The number of rotatable bonds is 11. The molecule has 0 bridgehead atoms. The zero-order chi connectivity index (χ0) is 26.3. The number of amides is 2. The van der Waals surface area contributed by atoms with Crippen molar-refractivity contribution in [3.05, 3.63) is 69.9 Å². The average Bonchev–Trinajstić information content (AvgIpc) is 3.37. The number of nitrogens with zero attached hydrogens (tertiary/aromatic N) is 2. The predicted octanol–water partition coefficient (Wildman–Crippen LogP) is 0.588. The van der Waals surface area contributed by atoms with Gasteiger partial charge in [0.25, 0.3) is 5.70 Å². The fourth-order valence-corrected chi connectivity index (χ4v) is 6.01. The summed E-state index contributed by atoms with van der Waals surface area (Å²) >= 11 is 0. The third-order valence-electron chi connectivity index (χ3n) is 6.07. The second-order valence-corrected chi connectivity index (χ2v) is 10.6. The molecule has 0 aromatic heterocycles. The summed E-state index contributed by atoms with van der Waals surface area (Å²) in [5.74, 6) is -2.52. The van der Waals surface area contributed by atoms with E-state index in [2.05, 4.69) is 10.6 Å². The standard InChI is InChI=1S/C23H28N4O8S/c28-21(13-8-16-5-2-1-3-6-16)24-15-19(23(30)31)25-22(29)20-7-4-14-26(20)36(34,35)18-11-9-17(10-12-18)27(32)33/h1-3,5-6,9-11,18-20H,4,7-8,12-15H2,(H,24,28)(H,25,29)(H,30,31)/t18?,19-,20-/m0/s1. The van der Waals surface area contributed by atoms with Gasteiger partial charge in [0.1, 0.15) is 12.1 Å². The Labute approximate surface area is 208 Å². The van der Waals surface area contributed by atoms with E-state index in [0.717, 1.165) is 15.9 Å². The monoisotopic (exact) mass is 520 g/mol. The summed E-state index contributed by atoms with van der Waals surface area (Å²) in [7, 11) is -4.02. The molecule has 1 fully saturated rings. The second kappa shape index (κ2) is 11.9. The van der Waals surface area contributed by atoms with E-state index in [1.807, 2.05) is 30.3 Å². The predicted molar refractivity (Wildman–Crippen MR) is 129 cm³/mol. The lowest BCUT2D eigenvalue weighted by Crippen LogP contribution is -2.55. The van der Waals surface area contributed by atoms with Crippen LogP contribution in [0.1, 0.15) is 31.2 Å². The summed E-state index contributed by atoms with van der Waals surface area (Å²) in [5.41, 5.74) is 0.753. The van der Waals surface area contributed by atoms with Crippen LogP contribution in [-0.4, -0.2) is 71.0 Å². The average molecular weight is 521 g/mol. The first-order valence-electron chi connectivity index (χ1n) is 11.5. The molecule has 0 spiro atoms. The fourth-order valence-electron chi connectivity index (χ4n) is 4.10. The van der Waals surface area contributed by atoms with Crippen molar-refractivity contribution < 1.29 is 32.8 Å². The van der Waals surface area contributed by atoms with Crippen LogP contribution < -0.4 is 10.6 Å². The van der Waals surface area contributed by atoms with Crippen LogP contribution in [0.15, 0.2) is 54.3 Å². The molecule has 3 rings (SSSR count). The van der Waals surface area contributed by atoms with Crippen molar-refractivity contribution in [2.75, 3.05) is 13.1 Å². The zero-order valence-corrected chi connectivity index (χ0v) is 20.2. The van der Waals surface area contributed by atoms with Gasteiger partial charge in [-0.1, -0.05) is 36.4 Å². The first-order chi connectivity index (χ1) is 17.1. The summed E-state index contributed by atoms with van der Waals surface area (Å²) < 4.78 is 27.3. The molecular formula is C23H28N4O8S. The minimum atomic E-state index is -4.02. The number of aryl methyl sites for hydroxylation is 1. The van der Waals surface area contributed by atoms with Crippen LogP contribution in [0.5, 0.6) is 0 Å². The highest BCUT2D eigenvalue weighted by molar-refractivity contribution is 7.90. The molecule has 1 aromatic carbocycles. The summed E-state index contributed by atoms with van der Waals surface area (Å²) in [5, 5.41) is 24.2. The van der Waals surface area contributed by atoms with Crippen LogP contribution in [0.25, 0.3) is 0 Å². The van der Waals surface area contributed by atoms with Crippen molar-refractivity contribution in [3.63, 3.8) is 0 Å². The highest BCUT2D eigenvalue weighted by Gasteiger charge is 2.43. The Morgan fingerprint density at radius 2 is 1.94 bits per heavy atom. The van der Waals surface area contributed by atoms with E-state index >= 15 is 0 Å². The first kappa shape index (κ1) is 27.0. The molecule has 1 saturated heterocycles. The Balaban J connectivity index is 1.57. The van der Waals surface area contributed by atoms with Crippen LogP contribution in [0.3, 0.4) is 0 Å². The van der Waals surface area contributed by atoms with Gasteiger partial charge in [-0.3, -0.25) is 19.7 Å². The molecule has 1 aromatic rings. The maximum absolute atomic E-state index is 13.1. The van der Waals surface area contributed by atoms with E-state index in [1.54, 1.807) is 0 Å².